The Balaban J connectivity index is 1.41. The zero-order valence-electron chi connectivity index (χ0n) is 22.0. The number of benzene rings is 3. The van der Waals surface area contributed by atoms with E-state index >= 15 is 0 Å². The summed E-state index contributed by atoms with van der Waals surface area (Å²) in [4.78, 5) is 25.5. The van der Waals surface area contributed by atoms with E-state index in [1.165, 1.54) is 11.1 Å². The third kappa shape index (κ3) is 4.61. The molecule has 0 spiro atoms. The van der Waals surface area contributed by atoms with Crippen LogP contribution < -0.4 is 21.1 Å². The molecule has 0 aliphatic carbocycles. The van der Waals surface area contributed by atoms with E-state index < -0.39 is 5.91 Å². The van der Waals surface area contributed by atoms with Gasteiger partial charge in [0.2, 0.25) is 0 Å². The highest BCUT2D eigenvalue weighted by atomic mass is 16.5. The van der Waals surface area contributed by atoms with Crippen LogP contribution in [0.5, 0.6) is 5.75 Å². The van der Waals surface area contributed by atoms with Gasteiger partial charge in [-0.15, -0.1) is 0 Å². The van der Waals surface area contributed by atoms with Gasteiger partial charge in [-0.05, 0) is 67.6 Å². The zero-order valence-corrected chi connectivity index (χ0v) is 22.0. The molecule has 0 unspecified atom stereocenters. The monoisotopic (exact) mass is 509 g/mol. The number of nitrogens with two attached hydrogens (primary N) is 1. The average molecular weight is 510 g/mol. The number of aryl methyl sites for hydroxylation is 5. The molecular weight excluding hydrogens is 478 g/mol. The number of carbonyl (C=O) groups is 2. The van der Waals surface area contributed by atoms with E-state index in [1.54, 1.807) is 13.2 Å². The van der Waals surface area contributed by atoms with Crippen molar-refractivity contribution in [3.05, 3.63) is 93.5 Å². The van der Waals surface area contributed by atoms with E-state index in [1.807, 2.05) is 61.0 Å². The van der Waals surface area contributed by atoms with E-state index in [-0.39, 0.29) is 5.91 Å². The second-order valence-electron chi connectivity index (χ2n) is 9.67. The van der Waals surface area contributed by atoms with Crippen molar-refractivity contribution in [2.24, 2.45) is 5.73 Å². The van der Waals surface area contributed by atoms with Crippen LogP contribution >= 0.6 is 0 Å². The third-order valence-corrected chi connectivity index (χ3v) is 7.02. The summed E-state index contributed by atoms with van der Waals surface area (Å²) in [5.41, 5.74) is 14.2. The van der Waals surface area contributed by atoms with Gasteiger partial charge in [0.05, 0.1) is 12.7 Å². The highest BCUT2D eigenvalue weighted by molar-refractivity contribution is 6.04. The van der Waals surface area contributed by atoms with Crippen molar-refractivity contribution < 1.29 is 14.3 Å². The minimum absolute atomic E-state index is 0.204. The van der Waals surface area contributed by atoms with Crippen LogP contribution in [0.4, 0.5) is 11.5 Å². The standard InChI is InChI=1S/C30H31N5O3/c1-17-8-11-24-20(14-17)12-13-35-29(33-24)25(28(31)36)26(34-35)21-9-10-22(19(3)15-21)16-32-30(37)23-7-5-6-18(2)27(23)38-4/h5-11,14-15,33H,12-13,16H2,1-4H3,(H2,31,36)(H,32,37). The molecule has 194 valence electrons. The van der Waals surface area contributed by atoms with Crippen LogP contribution in [0.15, 0.2) is 54.6 Å². The highest BCUT2D eigenvalue weighted by Gasteiger charge is 2.26. The van der Waals surface area contributed by atoms with Crippen LogP contribution in [0.25, 0.3) is 11.3 Å². The summed E-state index contributed by atoms with van der Waals surface area (Å²) in [6, 6.07) is 17.5. The number of ether oxygens (including phenoxy) is 1. The summed E-state index contributed by atoms with van der Waals surface area (Å²) in [7, 11) is 1.56. The fourth-order valence-corrected chi connectivity index (χ4v) is 5.01. The topological polar surface area (TPSA) is 111 Å². The fraction of sp³-hybridized carbons (Fsp3) is 0.233. The molecule has 4 N–H and O–H groups in total. The largest absolute Gasteiger partial charge is 0.496 e. The first-order valence-electron chi connectivity index (χ1n) is 12.6. The molecule has 0 bridgehead atoms. The molecule has 8 heteroatoms. The molecule has 4 aromatic rings. The second kappa shape index (κ2) is 10.0. The quantitative estimate of drug-likeness (QED) is 0.345. The van der Waals surface area contributed by atoms with Crippen LogP contribution in [0.1, 0.15) is 48.5 Å². The van der Waals surface area contributed by atoms with Crippen molar-refractivity contribution in [2.45, 2.75) is 40.3 Å². The van der Waals surface area contributed by atoms with Gasteiger partial charge in [0.1, 0.15) is 22.8 Å². The summed E-state index contributed by atoms with van der Waals surface area (Å²) in [6.45, 7) is 6.92. The van der Waals surface area contributed by atoms with E-state index in [9.17, 15) is 9.59 Å². The smallest absolute Gasteiger partial charge is 0.255 e. The molecule has 8 nitrogen and oxygen atoms in total. The number of rotatable bonds is 6. The summed E-state index contributed by atoms with van der Waals surface area (Å²) in [5, 5.41) is 11.2. The number of hydrogen-bond acceptors (Lipinski definition) is 5. The van der Waals surface area contributed by atoms with Gasteiger partial charge in [-0.3, -0.25) is 9.59 Å². The average Bonchev–Trinajstić information content (AvgIpc) is 3.16. The Labute approximate surface area is 221 Å². The van der Waals surface area contributed by atoms with Gasteiger partial charge in [0.15, 0.2) is 0 Å². The number of nitrogens with one attached hydrogen (secondary N) is 2. The molecule has 0 radical (unpaired) electrons. The van der Waals surface area contributed by atoms with Gasteiger partial charge < -0.3 is 21.1 Å². The maximum Gasteiger partial charge on any atom is 0.255 e. The normalized spacial score (nSPS) is 12.1. The van der Waals surface area contributed by atoms with Gasteiger partial charge in [-0.2, -0.15) is 5.10 Å². The van der Waals surface area contributed by atoms with Crippen molar-refractivity contribution in [3.8, 4) is 17.0 Å². The number of hydrogen-bond donors (Lipinski definition) is 3. The Morgan fingerprint density at radius 3 is 2.63 bits per heavy atom. The summed E-state index contributed by atoms with van der Waals surface area (Å²) in [5.74, 6) is 0.438. The lowest BCUT2D eigenvalue weighted by Crippen LogP contribution is -2.24. The van der Waals surface area contributed by atoms with Crippen molar-refractivity contribution >= 4 is 23.3 Å². The number of anilines is 2. The van der Waals surface area contributed by atoms with Crippen molar-refractivity contribution in [1.29, 1.82) is 0 Å². The summed E-state index contributed by atoms with van der Waals surface area (Å²) < 4.78 is 7.25. The minimum atomic E-state index is -0.537. The first kappa shape index (κ1) is 25.1. The van der Waals surface area contributed by atoms with Gasteiger partial charge in [0, 0.05) is 24.3 Å². The lowest BCUT2D eigenvalue weighted by molar-refractivity contribution is 0.0946. The van der Waals surface area contributed by atoms with Gasteiger partial charge >= 0.3 is 0 Å². The molecular formula is C30H31N5O3. The Kier molecular flexibility index (Phi) is 6.63. The van der Waals surface area contributed by atoms with Crippen LogP contribution in [-0.2, 0) is 19.5 Å². The molecule has 0 atom stereocenters. The van der Waals surface area contributed by atoms with Crippen LogP contribution in [0, 0.1) is 20.8 Å². The van der Waals surface area contributed by atoms with Crippen LogP contribution in [-0.4, -0.2) is 28.7 Å². The number of nitrogens with zero attached hydrogens (tertiary/aromatic N) is 2. The van der Waals surface area contributed by atoms with Crippen LogP contribution in [0.2, 0.25) is 0 Å². The molecule has 0 saturated carbocycles. The lowest BCUT2D eigenvalue weighted by atomic mass is 10.0. The summed E-state index contributed by atoms with van der Waals surface area (Å²) >= 11 is 0. The Hall–Kier alpha value is -4.59. The van der Waals surface area contributed by atoms with E-state index in [0.717, 1.165) is 34.4 Å². The number of aromatic nitrogens is 2. The summed E-state index contributed by atoms with van der Waals surface area (Å²) in [6.07, 6.45) is 0.791. The minimum Gasteiger partial charge on any atom is -0.496 e. The van der Waals surface area contributed by atoms with Gasteiger partial charge in [-0.1, -0.05) is 42.0 Å². The fourth-order valence-electron chi connectivity index (χ4n) is 5.01. The first-order chi connectivity index (χ1) is 18.3. The number of primary amides is 1. The number of methoxy groups -OCH3 is 1. The number of carbonyl (C=O) groups excluding carboxylic acids is 2. The second-order valence-corrected chi connectivity index (χ2v) is 9.67. The van der Waals surface area contributed by atoms with Gasteiger partial charge in [0.25, 0.3) is 11.8 Å². The third-order valence-electron chi connectivity index (χ3n) is 7.02. The number of fused-ring (bicyclic) bond motifs is 2. The molecule has 2 heterocycles. The van der Waals surface area contributed by atoms with E-state index in [0.29, 0.717) is 41.5 Å². The molecule has 2 amide bonds. The molecule has 3 aromatic carbocycles. The first-order valence-corrected chi connectivity index (χ1v) is 12.6. The molecule has 1 aliphatic rings. The molecule has 1 aromatic heterocycles. The molecule has 0 fully saturated rings. The molecule has 0 saturated heterocycles. The number of para-hydroxylation sites is 1. The molecule has 5 rings (SSSR count). The lowest BCUT2D eigenvalue weighted by Gasteiger charge is -2.13. The molecule has 38 heavy (non-hydrogen) atoms. The Morgan fingerprint density at radius 1 is 1.08 bits per heavy atom. The van der Waals surface area contributed by atoms with Gasteiger partial charge in [-0.25, -0.2) is 4.68 Å². The Morgan fingerprint density at radius 2 is 1.89 bits per heavy atom. The highest BCUT2D eigenvalue weighted by Crippen LogP contribution is 2.35. The van der Waals surface area contributed by atoms with Crippen molar-refractivity contribution in [1.82, 2.24) is 15.1 Å². The van der Waals surface area contributed by atoms with Crippen molar-refractivity contribution in [3.63, 3.8) is 0 Å². The van der Waals surface area contributed by atoms with Crippen LogP contribution in [0.3, 0.4) is 0 Å². The SMILES string of the molecule is COc1c(C)cccc1C(=O)NCc1ccc(-c2nn3c(c2C(N)=O)Nc2ccc(C)cc2CC3)cc1C. The number of amides is 2. The predicted octanol–water partition coefficient (Wildman–Crippen LogP) is 4.81. The molecule has 1 aliphatic heterocycles. The zero-order chi connectivity index (χ0) is 27.0. The maximum atomic E-state index is 12.9. The predicted molar refractivity (Wildman–Crippen MR) is 148 cm³/mol. The Bertz CT molecular complexity index is 1570. The van der Waals surface area contributed by atoms with Crippen molar-refractivity contribution in [2.75, 3.05) is 12.4 Å². The van der Waals surface area contributed by atoms with E-state index in [4.69, 9.17) is 15.6 Å². The maximum absolute atomic E-state index is 12.9. The van der Waals surface area contributed by atoms with E-state index in [2.05, 4.69) is 23.6 Å².